The molecule has 2 amide bonds. The van der Waals surface area contributed by atoms with Gasteiger partial charge in [0.05, 0.1) is 17.9 Å². The fourth-order valence-corrected chi connectivity index (χ4v) is 6.31. The van der Waals surface area contributed by atoms with Gasteiger partial charge in [-0.1, -0.05) is 58.4 Å². The molecule has 4 heterocycles. The van der Waals surface area contributed by atoms with Crippen LogP contribution >= 0.6 is 0 Å². The molecule has 0 radical (unpaired) electrons. The van der Waals surface area contributed by atoms with E-state index in [0.717, 1.165) is 66.0 Å². The van der Waals surface area contributed by atoms with Crippen LogP contribution in [0.1, 0.15) is 95.7 Å². The molecule has 1 aliphatic carbocycles. The van der Waals surface area contributed by atoms with Crippen LogP contribution in [-0.2, 0) is 12.0 Å². The van der Waals surface area contributed by atoms with Crippen molar-refractivity contribution in [3.05, 3.63) is 65.5 Å². The number of hydrogen-bond acceptors (Lipinski definition) is 6. The number of hydrogen-bond donors (Lipinski definition) is 2. The van der Waals surface area contributed by atoms with Crippen molar-refractivity contribution in [3.63, 3.8) is 0 Å². The number of benzene rings is 1. The zero-order chi connectivity index (χ0) is 30.1. The van der Waals surface area contributed by atoms with E-state index in [9.17, 15) is 4.79 Å². The maximum absolute atomic E-state index is 13.2. The maximum Gasteiger partial charge on any atom is 0.320 e. The third-order valence-electron chi connectivity index (χ3n) is 8.94. The fourth-order valence-electron chi connectivity index (χ4n) is 6.31. The van der Waals surface area contributed by atoms with E-state index < -0.39 is 0 Å². The van der Waals surface area contributed by atoms with Crippen molar-refractivity contribution in [2.24, 2.45) is 5.92 Å². The van der Waals surface area contributed by atoms with Gasteiger partial charge in [0, 0.05) is 31.1 Å². The summed E-state index contributed by atoms with van der Waals surface area (Å²) in [6.07, 6.45) is 7.05. The first-order valence-corrected chi connectivity index (χ1v) is 15.7. The monoisotopic (exact) mass is 584 g/mol. The van der Waals surface area contributed by atoms with Crippen LogP contribution in [0.3, 0.4) is 0 Å². The molecule has 0 saturated carbocycles. The van der Waals surface area contributed by atoms with E-state index >= 15 is 0 Å². The number of carbonyl (C=O) groups excluding carboxylic acids is 1. The van der Waals surface area contributed by atoms with Crippen LogP contribution in [0, 0.1) is 5.92 Å². The molecule has 2 N–H and O–H groups in total. The van der Waals surface area contributed by atoms with Crippen molar-refractivity contribution in [1.29, 1.82) is 0 Å². The molecule has 6 rings (SSSR count). The molecule has 1 fully saturated rings. The summed E-state index contributed by atoms with van der Waals surface area (Å²) in [7, 11) is 0. The predicted molar refractivity (Wildman–Crippen MR) is 169 cm³/mol. The minimum Gasteiger partial charge on any atom is -0.484 e. The van der Waals surface area contributed by atoms with Gasteiger partial charge in [-0.05, 0) is 61.8 Å². The summed E-state index contributed by atoms with van der Waals surface area (Å²) in [5, 5.41) is 19.9. The summed E-state index contributed by atoms with van der Waals surface area (Å²) in [5.41, 5.74) is 3.84. The Morgan fingerprint density at radius 2 is 1.77 bits per heavy atom. The van der Waals surface area contributed by atoms with Crippen LogP contribution in [0.25, 0.3) is 5.65 Å². The number of piperidine rings is 1. The summed E-state index contributed by atoms with van der Waals surface area (Å²) >= 11 is 0. The van der Waals surface area contributed by atoms with Gasteiger partial charge in [-0.3, -0.25) is 9.72 Å². The van der Waals surface area contributed by atoms with Crippen molar-refractivity contribution in [2.75, 3.05) is 23.3 Å². The molecule has 0 spiro atoms. The fraction of sp³-hybridized carbons (Fsp3) is 0.515. The van der Waals surface area contributed by atoms with Gasteiger partial charge in [0.25, 0.3) is 0 Å². The number of amides is 2. The second kappa shape index (κ2) is 11.9. The first-order chi connectivity index (χ1) is 20.7. The van der Waals surface area contributed by atoms with E-state index in [-0.39, 0.29) is 23.6 Å². The first kappa shape index (κ1) is 29.0. The van der Waals surface area contributed by atoms with E-state index in [0.29, 0.717) is 12.4 Å². The number of fused-ring (bicyclic) bond motifs is 2. The molecular weight excluding hydrogens is 540 g/mol. The predicted octanol–water partition coefficient (Wildman–Crippen LogP) is 6.65. The number of aryl methyl sites for hydroxylation is 1. The van der Waals surface area contributed by atoms with Gasteiger partial charge >= 0.3 is 6.03 Å². The number of rotatable bonds is 7. The van der Waals surface area contributed by atoms with Crippen LogP contribution in [-0.4, -0.2) is 43.5 Å². The van der Waals surface area contributed by atoms with E-state index in [2.05, 4.69) is 75.1 Å². The Balaban J connectivity index is 1.16. The first-order valence-electron chi connectivity index (χ1n) is 15.7. The topological polar surface area (TPSA) is 102 Å². The number of anilines is 2. The van der Waals surface area contributed by atoms with Gasteiger partial charge in [0.1, 0.15) is 17.7 Å². The van der Waals surface area contributed by atoms with E-state index in [1.807, 2.05) is 48.1 Å². The molecule has 4 aromatic rings. The smallest absolute Gasteiger partial charge is 0.320 e. The highest BCUT2D eigenvalue weighted by atomic mass is 16.5. The van der Waals surface area contributed by atoms with Gasteiger partial charge in [-0.2, -0.15) is 5.10 Å². The van der Waals surface area contributed by atoms with Gasteiger partial charge in [0.15, 0.2) is 5.65 Å². The Bertz CT molecular complexity index is 1580. The van der Waals surface area contributed by atoms with Crippen molar-refractivity contribution in [3.8, 4) is 5.75 Å². The largest absolute Gasteiger partial charge is 0.484 e. The Kier molecular flexibility index (Phi) is 8.03. The third-order valence-corrected chi connectivity index (χ3v) is 8.94. The van der Waals surface area contributed by atoms with Crippen LogP contribution in [0.15, 0.2) is 48.7 Å². The van der Waals surface area contributed by atoms with Gasteiger partial charge in [-0.25, -0.2) is 9.48 Å². The third kappa shape index (κ3) is 6.05. The zero-order valence-electron chi connectivity index (χ0n) is 26.0. The molecule has 3 aromatic heterocycles. The number of nitrogens with one attached hydrogen (secondary N) is 2. The summed E-state index contributed by atoms with van der Waals surface area (Å²) in [4.78, 5) is 15.5. The molecule has 1 saturated heterocycles. The summed E-state index contributed by atoms with van der Waals surface area (Å²) < 4.78 is 10.5. The highest BCUT2D eigenvalue weighted by Gasteiger charge is 2.30. The van der Waals surface area contributed by atoms with Crippen LogP contribution < -0.4 is 20.3 Å². The van der Waals surface area contributed by atoms with Crippen molar-refractivity contribution in [2.45, 2.75) is 90.8 Å². The lowest BCUT2D eigenvalue weighted by molar-refractivity contribution is 0.171. The minimum absolute atomic E-state index is 0.100. The highest BCUT2D eigenvalue weighted by molar-refractivity contribution is 5.88. The molecular formula is C33H44N8O2. The van der Waals surface area contributed by atoms with Crippen LogP contribution in [0.2, 0.25) is 0 Å². The molecule has 10 nitrogen and oxygen atoms in total. The molecule has 0 unspecified atom stereocenters. The molecule has 43 heavy (non-hydrogen) atoms. The van der Waals surface area contributed by atoms with Crippen molar-refractivity contribution >= 4 is 23.4 Å². The molecule has 1 aliphatic heterocycles. The van der Waals surface area contributed by atoms with Gasteiger partial charge in [-0.15, -0.1) is 10.2 Å². The lowest BCUT2D eigenvalue weighted by Crippen LogP contribution is -2.36. The Labute approximate surface area is 253 Å². The van der Waals surface area contributed by atoms with Gasteiger partial charge in [0.2, 0.25) is 5.95 Å². The molecule has 2 atom stereocenters. The normalized spacial score (nSPS) is 19.3. The maximum atomic E-state index is 13.2. The molecule has 2 aliphatic rings. The number of ether oxygens (including phenoxy) is 1. The average Bonchev–Trinajstić information content (AvgIpc) is 3.62. The van der Waals surface area contributed by atoms with Crippen LogP contribution in [0.5, 0.6) is 5.75 Å². The van der Waals surface area contributed by atoms with Crippen LogP contribution in [0.4, 0.5) is 16.6 Å². The average molecular weight is 585 g/mol. The number of carbonyl (C=O) groups is 1. The van der Waals surface area contributed by atoms with Crippen molar-refractivity contribution in [1.82, 2.24) is 29.7 Å². The second-order valence-corrected chi connectivity index (χ2v) is 12.9. The molecule has 0 bridgehead atoms. The van der Waals surface area contributed by atoms with Gasteiger partial charge < -0.3 is 15.0 Å². The minimum atomic E-state index is -0.234. The highest BCUT2D eigenvalue weighted by Crippen LogP contribution is 2.39. The second-order valence-electron chi connectivity index (χ2n) is 12.9. The Morgan fingerprint density at radius 1 is 1.00 bits per heavy atom. The van der Waals surface area contributed by atoms with E-state index in [1.165, 1.54) is 19.3 Å². The number of aromatic nitrogens is 5. The molecule has 228 valence electrons. The molecule has 10 heteroatoms. The SMILES string of the molecule is CCC1CCN(c2nnc3ccc(O[C@@H]4CC[C@H](NC(=O)Nc5cc(C(C)(C)C)nn5CC)c5ccccc54)cn23)CC1. The number of nitrogens with zero attached hydrogens (tertiary/aromatic N) is 6. The van der Waals surface area contributed by atoms with E-state index in [4.69, 9.17) is 4.74 Å². The Morgan fingerprint density at radius 3 is 2.49 bits per heavy atom. The summed E-state index contributed by atoms with van der Waals surface area (Å²) in [6.45, 7) is 13.3. The molecule has 1 aromatic carbocycles. The Hall–Kier alpha value is -4.08. The zero-order valence-corrected chi connectivity index (χ0v) is 26.0. The standard InChI is InChI=1S/C33H44N8O2/c1-6-22-16-18-39(19-17-22)32-37-36-29-15-12-23(21-40(29)32)43-27-14-13-26(24-10-8-9-11-25(24)27)34-31(42)35-30-20-28(33(3,4)5)38-41(30)7-2/h8-12,15,20-22,26-27H,6-7,13-14,16-19H2,1-5H3,(H2,34,35,42)/t26-,27+/m0/s1. The summed E-state index contributed by atoms with van der Waals surface area (Å²) in [5.74, 6) is 3.16. The number of pyridine rings is 1. The van der Waals surface area contributed by atoms with E-state index in [1.54, 1.807) is 0 Å². The number of urea groups is 1. The lowest BCUT2D eigenvalue weighted by Gasteiger charge is -2.32. The van der Waals surface area contributed by atoms with Crippen molar-refractivity contribution < 1.29 is 9.53 Å². The quantitative estimate of drug-likeness (QED) is 0.252. The summed E-state index contributed by atoms with van der Waals surface area (Å²) in [6, 6.07) is 13.8. The lowest BCUT2D eigenvalue weighted by atomic mass is 9.85.